The van der Waals surface area contributed by atoms with Gasteiger partial charge in [0, 0.05) is 11.0 Å². The monoisotopic (exact) mass is 295 g/mol. The Morgan fingerprint density at radius 1 is 1.24 bits per heavy atom. The first-order valence-electron chi connectivity index (χ1n) is 6.70. The van der Waals surface area contributed by atoms with Crippen LogP contribution in [0.15, 0.2) is 28.7 Å². The molecule has 94 valence electrons. The molecular formula is C15H22BrN. The Hall–Kier alpha value is -0.340. The second kappa shape index (κ2) is 6.01. The fourth-order valence-electron chi connectivity index (χ4n) is 2.98. The van der Waals surface area contributed by atoms with Crippen molar-refractivity contribution in [2.24, 2.45) is 5.41 Å². The molecule has 1 aliphatic rings. The van der Waals surface area contributed by atoms with E-state index in [0.29, 0.717) is 5.41 Å². The van der Waals surface area contributed by atoms with Crippen molar-refractivity contribution in [3.63, 3.8) is 0 Å². The van der Waals surface area contributed by atoms with E-state index in [2.05, 4.69) is 52.4 Å². The summed E-state index contributed by atoms with van der Waals surface area (Å²) in [4.78, 5) is 0. The molecule has 2 heteroatoms. The van der Waals surface area contributed by atoms with Gasteiger partial charge < -0.3 is 5.32 Å². The summed E-state index contributed by atoms with van der Waals surface area (Å²) in [6.45, 7) is 4.45. The number of halogens is 1. The molecule has 1 aromatic carbocycles. The number of benzene rings is 1. The van der Waals surface area contributed by atoms with E-state index in [9.17, 15) is 0 Å². The van der Waals surface area contributed by atoms with E-state index in [1.807, 2.05) is 0 Å². The van der Waals surface area contributed by atoms with Gasteiger partial charge in [0.2, 0.25) is 0 Å². The molecule has 1 N–H and O–H groups in total. The summed E-state index contributed by atoms with van der Waals surface area (Å²) in [6, 6.07) is 8.66. The number of rotatable bonds is 5. The van der Waals surface area contributed by atoms with Crippen molar-refractivity contribution in [3.05, 3.63) is 34.3 Å². The first-order valence-corrected chi connectivity index (χ1v) is 7.49. The average Bonchev–Trinajstić information content (AvgIpc) is 2.79. The molecule has 0 unspecified atom stereocenters. The van der Waals surface area contributed by atoms with Crippen molar-refractivity contribution in [3.8, 4) is 0 Å². The van der Waals surface area contributed by atoms with Crippen LogP contribution in [0, 0.1) is 5.41 Å². The first kappa shape index (κ1) is 13.1. The van der Waals surface area contributed by atoms with Gasteiger partial charge in [-0.1, -0.05) is 53.9 Å². The van der Waals surface area contributed by atoms with Gasteiger partial charge in [-0.15, -0.1) is 0 Å². The van der Waals surface area contributed by atoms with Gasteiger partial charge in [-0.25, -0.2) is 0 Å². The largest absolute Gasteiger partial charge is 0.316 e. The van der Waals surface area contributed by atoms with Gasteiger partial charge in [-0.05, 0) is 42.9 Å². The van der Waals surface area contributed by atoms with Crippen molar-refractivity contribution in [1.29, 1.82) is 0 Å². The zero-order valence-electron chi connectivity index (χ0n) is 10.6. The third kappa shape index (κ3) is 3.32. The van der Waals surface area contributed by atoms with Gasteiger partial charge in [0.1, 0.15) is 0 Å². The fraction of sp³-hybridized carbons (Fsp3) is 0.600. The van der Waals surface area contributed by atoms with E-state index in [1.165, 1.54) is 48.7 Å². The normalized spacial score (nSPS) is 18.5. The highest BCUT2D eigenvalue weighted by Gasteiger charge is 2.33. The molecule has 1 aliphatic carbocycles. The number of hydrogen-bond acceptors (Lipinski definition) is 1. The molecule has 0 radical (unpaired) electrons. The van der Waals surface area contributed by atoms with Gasteiger partial charge in [0.15, 0.2) is 0 Å². The third-order valence-electron chi connectivity index (χ3n) is 3.94. The molecule has 17 heavy (non-hydrogen) atoms. The summed E-state index contributed by atoms with van der Waals surface area (Å²) in [5.41, 5.74) is 1.96. The summed E-state index contributed by atoms with van der Waals surface area (Å²) in [7, 11) is 0. The van der Waals surface area contributed by atoms with E-state index in [0.717, 1.165) is 6.54 Å². The maximum absolute atomic E-state index is 3.68. The zero-order chi connectivity index (χ0) is 12.1. The van der Waals surface area contributed by atoms with Gasteiger partial charge >= 0.3 is 0 Å². The fourth-order valence-corrected chi connectivity index (χ4v) is 3.40. The maximum atomic E-state index is 3.68. The molecule has 1 nitrogen and oxygen atoms in total. The first-order chi connectivity index (χ1) is 8.26. The molecule has 0 atom stereocenters. The highest BCUT2D eigenvalue weighted by atomic mass is 79.9. The maximum Gasteiger partial charge on any atom is 0.0207 e. The van der Waals surface area contributed by atoms with Crippen LogP contribution in [-0.4, -0.2) is 13.1 Å². The summed E-state index contributed by atoms with van der Waals surface area (Å²) < 4.78 is 1.27. The molecular weight excluding hydrogens is 274 g/mol. The standard InChI is InChI=1S/C15H22BrN/c1-2-17-12-15(9-5-6-10-15)11-13-7-3-4-8-14(13)16/h3-4,7-8,17H,2,5-6,9-12H2,1H3. The minimum atomic E-state index is 0.500. The molecule has 0 spiro atoms. The lowest BCUT2D eigenvalue weighted by atomic mass is 9.80. The quantitative estimate of drug-likeness (QED) is 0.860. The molecule has 1 saturated carbocycles. The number of nitrogens with one attached hydrogen (secondary N) is 1. The predicted octanol–water partition coefficient (Wildman–Crippen LogP) is 4.16. The van der Waals surface area contributed by atoms with E-state index in [-0.39, 0.29) is 0 Å². The Labute approximate surface area is 113 Å². The minimum Gasteiger partial charge on any atom is -0.316 e. The summed E-state index contributed by atoms with van der Waals surface area (Å²) in [5.74, 6) is 0. The van der Waals surface area contributed by atoms with Gasteiger partial charge in [0.05, 0.1) is 0 Å². The molecule has 0 bridgehead atoms. The smallest absolute Gasteiger partial charge is 0.0207 e. The topological polar surface area (TPSA) is 12.0 Å². The van der Waals surface area contributed by atoms with Crippen molar-refractivity contribution in [2.75, 3.05) is 13.1 Å². The minimum absolute atomic E-state index is 0.500. The SMILES string of the molecule is CCNCC1(Cc2ccccc2Br)CCCC1. The van der Waals surface area contributed by atoms with E-state index in [4.69, 9.17) is 0 Å². The van der Waals surface area contributed by atoms with Crippen LogP contribution in [0.1, 0.15) is 38.2 Å². The van der Waals surface area contributed by atoms with Crippen LogP contribution >= 0.6 is 15.9 Å². The van der Waals surface area contributed by atoms with Crippen molar-refractivity contribution >= 4 is 15.9 Å². The van der Waals surface area contributed by atoms with Crippen LogP contribution in [0.3, 0.4) is 0 Å². The molecule has 0 saturated heterocycles. The lowest BCUT2D eigenvalue weighted by Gasteiger charge is -2.30. The van der Waals surface area contributed by atoms with Crippen molar-refractivity contribution in [1.82, 2.24) is 5.32 Å². The van der Waals surface area contributed by atoms with Crippen LogP contribution in [0.5, 0.6) is 0 Å². The van der Waals surface area contributed by atoms with Crippen molar-refractivity contribution < 1.29 is 0 Å². The summed E-state index contributed by atoms with van der Waals surface area (Å²) in [6.07, 6.45) is 6.76. The Balaban J connectivity index is 2.10. The summed E-state index contributed by atoms with van der Waals surface area (Å²) in [5, 5.41) is 3.56. The lowest BCUT2D eigenvalue weighted by molar-refractivity contribution is 0.280. The van der Waals surface area contributed by atoms with E-state index in [1.54, 1.807) is 0 Å². The predicted molar refractivity (Wildman–Crippen MR) is 77.3 cm³/mol. The van der Waals surface area contributed by atoms with E-state index >= 15 is 0 Å². The molecule has 0 aliphatic heterocycles. The van der Waals surface area contributed by atoms with Gasteiger partial charge in [-0.2, -0.15) is 0 Å². The summed E-state index contributed by atoms with van der Waals surface area (Å²) >= 11 is 3.68. The molecule has 0 amide bonds. The Kier molecular flexibility index (Phi) is 4.63. The van der Waals surface area contributed by atoms with Gasteiger partial charge in [0.25, 0.3) is 0 Å². The Morgan fingerprint density at radius 2 is 1.94 bits per heavy atom. The second-order valence-corrected chi connectivity index (χ2v) is 6.11. The Bertz CT molecular complexity index is 356. The molecule has 1 fully saturated rings. The Morgan fingerprint density at radius 3 is 2.59 bits per heavy atom. The average molecular weight is 296 g/mol. The van der Waals surface area contributed by atoms with Crippen LogP contribution < -0.4 is 5.32 Å². The van der Waals surface area contributed by atoms with Crippen LogP contribution in [0.4, 0.5) is 0 Å². The second-order valence-electron chi connectivity index (χ2n) is 5.26. The third-order valence-corrected chi connectivity index (χ3v) is 4.71. The van der Waals surface area contributed by atoms with E-state index < -0.39 is 0 Å². The number of hydrogen-bond donors (Lipinski definition) is 1. The van der Waals surface area contributed by atoms with Gasteiger partial charge in [-0.3, -0.25) is 0 Å². The zero-order valence-corrected chi connectivity index (χ0v) is 12.2. The van der Waals surface area contributed by atoms with Crippen LogP contribution in [0.25, 0.3) is 0 Å². The molecule has 2 rings (SSSR count). The highest BCUT2D eigenvalue weighted by molar-refractivity contribution is 9.10. The molecule has 0 heterocycles. The van der Waals surface area contributed by atoms with Crippen LogP contribution in [-0.2, 0) is 6.42 Å². The lowest BCUT2D eigenvalue weighted by Crippen LogP contribution is -2.34. The molecule has 0 aromatic heterocycles. The van der Waals surface area contributed by atoms with Crippen molar-refractivity contribution in [2.45, 2.75) is 39.0 Å². The van der Waals surface area contributed by atoms with Crippen LogP contribution in [0.2, 0.25) is 0 Å². The molecule has 1 aromatic rings. The highest BCUT2D eigenvalue weighted by Crippen LogP contribution is 2.41.